The lowest BCUT2D eigenvalue weighted by Gasteiger charge is -2.34. The van der Waals surface area contributed by atoms with E-state index in [1.54, 1.807) is 0 Å². The van der Waals surface area contributed by atoms with E-state index in [1.165, 1.54) is 0 Å². The van der Waals surface area contributed by atoms with Crippen molar-refractivity contribution in [2.75, 3.05) is 25.0 Å². The lowest BCUT2D eigenvalue weighted by atomic mass is 9.99. The van der Waals surface area contributed by atoms with Gasteiger partial charge in [0.15, 0.2) is 5.11 Å². The lowest BCUT2D eigenvalue weighted by molar-refractivity contribution is 0.162. The Hall–Kier alpha value is -0.840. The van der Waals surface area contributed by atoms with Crippen LogP contribution in [0.15, 0.2) is 12.1 Å². The molecule has 1 aliphatic heterocycles. The molecule has 3 nitrogen and oxygen atoms in total. The molecule has 1 aromatic carbocycles. The van der Waals surface area contributed by atoms with Crippen LogP contribution in [-0.2, 0) is 0 Å². The van der Waals surface area contributed by atoms with Crippen molar-refractivity contribution in [3.8, 4) is 0 Å². The highest BCUT2D eigenvalue weighted by molar-refractivity contribution is 7.80. The van der Waals surface area contributed by atoms with E-state index in [1.807, 2.05) is 19.9 Å². The summed E-state index contributed by atoms with van der Waals surface area (Å²) in [6.45, 7) is 6.02. The largest absolute Gasteiger partial charge is 0.396 e. The molecule has 0 radical (unpaired) electrons. The zero-order chi connectivity index (χ0) is 14.7. The van der Waals surface area contributed by atoms with Crippen molar-refractivity contribution in [2.24, 2.45) is 5.92 Å². The van der Waals surface area contributed by atoms with Crippen LogP contribution in [0.5, 0.6) is 0 Å². The molecule has 110 valence electrons. The Balaban J connectivity index is 2.08. The summed E-state index contributed by atoms with van der Waals surface area (Å²) < 4.78 is 0. The molecule has 2 N–H and O–H groups in total. The van der Waals surface area contributed by atoms with Gasteiger partial charge in [-0.1, -0.05) is 17.7 Å². The van der Waals surface area contributed by atoms with E-state index in [0.29, 0.717) is 16.1 Å². The first-order valence-corrected chi connectivity index (χ1v) is 7.73. The van der Waals surface area contributed by atoms with Gasteiger partial charge in [0, 0.05) is 19.7 Å². The van der Waals surface area contributed by atoms with Crippen LogP contribution in [0.4, 0.5) is 5.69 Å². The Morgan fingerprint density at radius 1 is 1.50 bits per heavy atom. The molecule has 0 unspecified atom stereocenters. The lowest BCUT2D eigenvalue weighted by Crippen LogP contribution is -2.43. The molecular formula is C15H21ClN2OS. The number of nitrogens with one attached hydrogen (secondary N) is 1. The summed E-state index contributed by atoms with van der Waals surface area (Å²) in [5.41, 5.74) is 3.11. The third-order valence-electron chi connectivity index (χ3n) is 3.73. The zero-order valence-electron chi connectivity index (χ0n) is 11.9. The topological polar surface area (TPSA) is 35.5 Å². The number of likely N-dealkylation sites (tertiary alicyclic amines) is 1. The van der Waals surface area contributed by atoms with Crippen LogP contribution in [0.2, 0.25) is 5.02 Å². The minimum atomic E-state index is 0.226. The van der Waals surface area contributed by atoms with Crippen molar-refractivity contribution in [1.82, 2.24) is 4.90 Å². The average Bonchev–Trinajstić information content (AvgIpc) is 2.42. The number of nitrogens with zero attached hydrogens (tertiary/aromatic N) is 1. The quantitative estimate of drug-likeness (QED) is 0.821. The van der Waals surface area contributed by atoms with Crippen LogP contribution >= 0.6 is 23.8 Å². The van der Waals surface area contributed by atoms with Crippen LogP contribution in [0, 0.1) is 19.8 Å². The summed E-state index contributed by atoms with van der Waals surface area (Å²) in [6.07, 6.45) is 2.13. The highest BCUT2D eigenvalue weighted by Gasteiger charge is 2.21. The first-order chi connectivity index (χ1) is 9.51. The SMILES string of the molecule is Cc1cc(C)c(NC(=S)N2CCC[C@H](CO)C2)c(Cl)c1. The van der Waals surface area contributed by atoms with Gasteiger partial charge in [-0.15, -0.1) is 0 Å². The number of anilines is 1. The fourth-order valence-electron chi connectivity index (χ4n) is 2.66. The van der Waals surface area contributed by atoms with Gasteiger partial charge in [0.1, 0.15) is 0 Å². The smallest absolute Gasteiger partial charge is 0.173 e. The molecule has 1 heterocycles. The van der Waals surface area contributed by atoms with E-state index >= 15 is 0 Å². The van der Waals surface area contributed by atoms with Gasteiger partial charge in [0.25, 0.3) is 0 Å². The van der Waals surface area contributed by atoms with Gasteiger partial charge in [-0.2, -0.15) is 0 Å². The van der Waals surface area contributed by atoms with Gasteiger partial charge < -0.3 is 15.3 Å². The highest BCUT2D eigenvalue weighted by Crippen LogP contribution is 2.28. The first kappa shape index (κ1) is 15.5. The second kappa shape index (κ2) is 6.74. The molecular weight excluding hydrogens is 292 g/mol. The van der Waals surface area contributed by atoms with Crippen LogP contribution < -0.4 is 5.32 Å². The number of aliphatic hydroxyl groups is 1. The summed E-state index contributed by atoms with van der Waals surface area (Å²) in [4.78, 5) is 2.12. The minimum Gasteiger partial charge on any atom is -0.396 e. The minimum absolute atomic E-state index is 0.226. The molecule has 2 rings (SSSR count). The second-order valence-electron chi connectivity index (χ2n) is 5.51. The van der Waals surface area contributed by atoms with E-state index in [2.05, 4.69) is 16.3 Å². The third-order valence-corrected chi connectivity index (χ3v) is 4.39. The zero-order valence-corrected chi connectivity index (χ0v) is 13.5. The van der Waals surface area contributed by atoms with Gasteiger partial charge in [-0.05, 0) is 62.0 Å². The Kier molecular flexibility index (Phi) is 5.24. The second-order valence-corrected chi connectivity index (χ2v) is 6.30. The number of halogens is 1. The van der Waals surface area contributed by atoms with Crippen LogP contribution in [-0.4, -0.2) is 34.8 Å². The summed E-state index contributed by atoms with van der Waals surface area (Å²) in [5, 5.41) is 13.9. The maximum Gasteiger partial charge on any atom is 0.173 e. The van der Waals surface area contributed by atoms with E-state index in [9.17, 15) is 5.11 Å². The van der Waals surface area contributed by atoms with E-state index in [0.717, 1.165) is 42.7 Å². The number of hydrogen-bond acceptors (Lipinski definition) is 2. The molecule has 1 aliphatic rings. The fraction of sp³-hybridized carbons (Fsp3) is 0.533. The van der Waals surface area contributed by atoms with Gasteiger partial charge >= 0.3 is 0 Å². The molecule has 20 heavy (non-hydrogen) atoms. The van der Waals surface area contributed by atoms with Crippen molar-refractivity contribution in [2.45, 2.75) is 26.7 Å². The number of thiocarbonyl (C=S) groups is 1. The molecule has 0 bridgehead atoms. The Labute approximate surface area is 130 Å². The molecule has 0 amide bonds. The number of piperidine rings is 1. The maximum atomic E-state index is 9.29. The number of rotatable bonds is 2. The van der Waals surface area contributed by atoms with E-state index in [4.69, 9.17) is 23.8 Å². The summed E-state index contributed by atoms with van der Waals surface area (Å²) in [7, 11) is 0. The average molecular weight is 313 g/mol. The predicted molar refractivity (Wildman–Crippen MR) is 88.5 cm³/mol. The van der Waals surface area contributed by atoms with E-state index in [-0.39, 0.29) is 6.61 Å². The van der Waals surface area contributed by atoms with Crippen molar-refractivity contribution in [1.29, 1.82) is 0 Å². The van der Waals surface area contributed by atoms with Crippen LogP contribution in [0.1, 0.15) is 24.0 Å². The van der Waals surface area contributed by atoms with Gasteiger partial charge in [0.2, 0.25) is 0 Å². The van der Waals surface area contributed by atoms with Gasteiger partial charge in [-0.25, -0.2) is 0 Å². The molecule has 0 aliphatic carbocycles. The standard InChI is InChI=1S/C15H21ClN2OS/c1-10-6-11(2)14(13(16)7-10)17-15(20)18-5-3-4-12(8-18)9-19/h6-7,12,19H,3-5,8-9H2,1-2H3,(H,17,20)/t12-/m0/s1. The molecule has 0 spiro atoms. The molecule has 1 saturated heterocycles. The predicted octanol–water partition coefficient (Wildman–Crippen LogP) is 3.36. The fourth-order valence-corrected chi connectivity index (χ4v) is 3.29. The third kappa shape index (κ3) is 3.62. The van der Waals surface area contributed by atoms with Gasteiger partial charge in [-0.3, -0.25) is 0 Å². The summed E-state index contributed by atoms with van der Waals surface area (Å²) in [5.74, 6) is 0.318. The monoisotopic (exact) mass is 312 g/mol. The van der Waals surface area contributed by atoms with Gasteiger partial charge in [0.05, 0.1) is 10.7 Å². The Morgan fingerprint density at radius 3 is 2.90 bits per heavy atom. The van der Waals surface area contributed by atoms with Crippen molar-refractivity contribution >= 4 is 34.6 Å². The van der Waals surface area contributed by atoms with Crippen molar-refractivity contribution in [3.05, 3.63) is 28.3 Å². The number of aliphatic hydroxyl groups excluding tert-OH is 1. The number of hydrogen-bond donors (Lipinski definition) is 2. The number of aryl methyl sites for hydroxylation is 2. The van der Waals surface area contributed by atoms with Crippen LogP contribution in [0.3, 0.4) is 0 Å². The Morgan fingerprint density at radius 2 is 2.25 bits per heavy atom. The summed E-state index contributed by atoms with van der Waals surface area (Å²) >= 11 is 11.8. The molecule has 1 atom stereocenters. The maximum absolute atomic E-state index is 9.29. The van der Waals surface area contributed by atoms with Crippen LogP contribution in [0.25, 0.3) is 0 Å². The Bertz CT molecular complexity index is 484. The number of benzene rings is 1. The molecule has 0 saturated carbocycles. The van der Waals surface area contributed by atoms with Crippen molar-refractivity contribution < 1.29 is 5.11 Å². The molecule has 5 heteroatoms. The normalized spacial score (nSPS) is 19.0. The molecule has 0 aromatic heterocycles. The highest BCUT2D eigenvalue weighted by atomic mass is 35.5. The van der Waals surface area contributed by atoms with Crippen molar-refractivity contribution in [3.63, 3.8) is 0 Å². The molecule has 1 fully saturated rings. The first-order valence-electron chi connectivity index (χ1n) is 6.94. The van der Waals surface area contributed by atoms with E-state index < -0.39 is 0 Å². The molecule has 1 aromatic rings. The summed E-state index contributed by atoms with van der Waals surface area (Å²) in [6, 6.07) is 4.02.